The summed E-state index contributed by atoms with van der Waals surface area (Å²) in [6.07, 6.45) is 3.50. The van der Waals surface area contributed by atoms with Gasteiger partial charge in [0.25, 0.3) is 5.91 Å². The van der Waals surface area contributed by atoms with Gasteiger partial charge >= 0.3 is 0 Å². The number of aryl methyl sites for hydroxylation is 1. The van der Waals surface area contributed by atoms with Crippen LogP contribution in [-0.4, -0.2) is 22.3 Å². The van der Waals surface area contributed by atoms with E-state index >= 15 is 0 Å². The van der Waals surface area contributed by atoms with Gasteiger partial charge in [-0.3, -0.25) is 4.79 Å². The lowest BCUT2D eigenvalue weighted by atomic mass is 10.0. The number of hydrogen-bond acceptors (Lipinski definition) is 2. The maximum Gasteiger partial charge on any atom is 0.254 e. The normalized spacial score (nSPS) is 14.8. The zero-order valence-corrected chi connectivity index (χ0v) is 12.9. The molecule has 0 atom stereocenters. The predicted octanol–water partition coefficient (Wildman–Crippen LogP) is 3.98. The van der Waals surface area contributed by atoms with E-state index in [-0.39, 0.29) is 5.91 Å². The van der Waals surface area contributed by atoms with Gasteiger partial charge in [-0.1, -0.05) is 41.4 Å². The van der Waals surface area contributed by atoms with Crippen LogP contribution in [0.1, 0.15) is 27.9 Å². The van der Waals surface area contributed by atoms with Crippen LogP contribution in [0.2, 0.25) is 10.2 Å². The maximum absolute atomic E-state index is 12.7. The fourth-order valence-electron chi connectivity index (χ4n) is 2.59. The third-order valence-electron chi connectivity index (χ3n) is 3.67. The second-order valence-corrected chi connectivity index (χ2v) is 5.88. The highest BCUT2D eigenvalue weighted by atomic mass is 35.5. The summed E-state index contributed by atoms with van der Waals surface area (Å²) in [7, 11) is 0. The topological polar surface area (TPSA) is 33.2 Å². The van der Waals surface area contributed by atoms with E-state index in [1.54, 1.807) is 12.3 Å². The van der Waals surface area contributed by atoms with Gasteiger partial charge in [0.2, 0.25) is 0 Å². The summed E-state index contributed by atoms with van der Waals surface area (Å²) in [4.78, 5) is 18.5. The molecule has 1 aliphatic heterocycles. The molecule has 0 bridgehead atoms. The smallest absolute Gasteiger partial charge is 0.254 e. The van der Waals surface area contributed by atoms with Crippen molar-refractivity contribution in [1.82, 2.24) is 9.88 Å². The Bertz CT molecular complexity index is 688. The van der Waals surface area contributed by atoms with Crippen LogP contribution >= 0.6 is 23.2 Å². The number of hydrogen-bond donors (Lipinski definition) is 0. The van der Waals surface area contributed by atoms with Gasteiger partial charge in [-0.15, -0.1) is 0 Å². The highest BCUT2D eigenvalue weighted by Crippen LogP contribution is 2.24. The Morgan fingerprint density at radius 3 is 2.86 bits per heavy atom. The first-order valence-corrected chi connectivity index (χ1v) is 7.58. The molecule has 1 aliphatic rings. The first-order chi connectivity index (χ1) is 10.1. The Morgan fingerprint density at radius 1 is 1.24 bits per heavy atom. The maximum atomic E-state index is 12.7. The Kier molecular flexibility index (Phi) is 4.13. The Hall–Kier alpha value is -1.58. The van der Waals surface area contributed by atoms with E-state index in [1.807, 2.05) is 29.2 Å². The highest BCUT2D eigenvalue weighted by Gasteiger charge is 2.22. The van der Waals surface area contributed by atoms with Crippen LogP contribution in [0.25, 0.3) is 0 Å². The van der Waals surface area contributed by atoms with E-state index in [9.17, 15) is 4.79 Å². The van der Waals surface area contributed by atoms with Crippen LogP contribution in [0, 0.1) is 0 Å². The number of benzene rings is 1. The van der Waals surface area contributed by atoms with Gasteiger partial charge in [0, 0.05) is 30.4 Å². The van der Waals surface area contributed by atoms with Crippen LogP contribution in [0.15, 0.2) is 36.5 Å². The number of halogens is 2. The third-order valence-corrected chi connectivity index (χ3v) is 4.23. The lowest BCUT2D eigenvalue weighted by molar-refractivity contribution is 0.0749. The summed E-state index contributed by atoms with van der Waals surface area (Å²) >= 11 is 12.0. The second kappa shape index (κ2) is 6.04. The molecular formula is C16H14Cl2N2O. The molecule has 3 nitrogen and oxygen atoms in total. The van der Waals surface area contributed by atoms with Crippen LogP contribution < -0.4 is 0 Å². The molecule has 0 radical (unpaired) electrons. The highest BCUT2D eigenvalue weighted by molar-refractivity contribution is 6.34. The zero-order valence-electron chi connectivity index (χ0n) is 11.4. The number of fused-ring (bicyclic) bond motifs is 1. The number of carbonyl (C=O) groups is 1. The van der Waals surface area contributed by atoms with Crippen LogP contribution in [0.5, 0.6) is 0 Å². The van der Waals surface area contributed by atoms with Crippen molar-refractivity contribution in [2.24, 2.45) is 0 Å². The molecule has 3 rings (SSSR count). The lowest BCUT2D eigenvalue weighted by Crippen LogP contribution is -2.30. The Morgan fingerprint density at radius 2 is 2.05 bits per heavy atom. The van der Waals surface area contributed by atoms with Crippen molar-refractivity contribution in [3.05, 3.63) is 63.4 Å². The molecule has 108 valence electrons. The number of pyridine rings is 1. The fraction of sp³-hybridized carbons (Fsp3) is 0.250. The number of aromatic nitrogens is 1. The summed E-state index contributed by atoms with van der Waals surface area (Å²) in [6, 6.07) is 9.39. The molecule has 2 heterocycles. The summed E-state index contributed by atoms with van der Waals surface area (Å²) in [5.74, 6) is 0.0501. The first kappa shape index (κ1) is 14.4. The predicted molar refractivity (Wildman–Crippen MR) is 83.8 cm³/mol. The molecule has 1 aromatic carbocycles. The number of nitrogens with zero attached hydrogens (tertiary/aromatic N) is 2. The van der Waals surface area contributed by atoms with Crippen molar-refractivity contribution in [3.63, 3.8) is 0 Å². The molecule has 0 unspecified atom stereocenters. The molecule has 1 aromatic heterocycles. The summed E-state index contributed by atoms with van der Waals surface area (Å²) in [5, 5.41) is 0.900. The summed E-state index contributed by atoms with van der Waals surface area (Å²) < 4.78 is 0. The van der Waals surface area contributed by atoms with Crippen molar-refractivity contribution >= 4 is 29.1 Å². The van der Waals surface area contributed by atoms with Gasteiger partial charge in [0.1, 0.15) is 5.15 Å². The molecule has 0 fully saturated rings. The van der Waals surface area contributed by atoms with E-state index < -0.39 is 0 Å². The van der Waals surface area contributed by atoms with Crippen LogP contribution in [0.3, 0.4) is 0 Å². The van der Waals surface area contributed by atoms with Crippen LogP contribution in [-0.2, 0) is 13.0 Å². The molecule has 0 saturated heterocycles. The number of carbonyl (C=O) groups excluding carboxylic acids is 1. The van der Waals surface area contributed by atoms with Gasteiger partial charge in [-0.2, -0.15) is 0 Å². The SMILES string of the molecule is O=C1c2ccccc2CCCN1Cc1cnc(Cl)cc1Cl. The third kappa shape index (κ3) is 3.04. The zero-order chi connectivity index (χ0) is 14.8. The van der Waals surface area contributed by atoms with E-state index in [1.165, 1.54) is 0 Å². The molecule has 0 saturated carbocycles. The van der Waals surface area contributed by atoms with Gasteiger partial charge in [-0.25, -0.2) is 4.98 Å². The minimum atomic E-state index is 0.0501. The summed E-state index contributed by atoms with van der Waals surface area (Å²) in [5.41, 5.74) is 2.71. The van der Waals surface area contributed by atoms with E-state index in [0.717, 1.165) is 29.5 Å². The standard InChI is InChI=1S/C16H14Cl2N2O/c17-14-8-15(18)19-9-12(14)10-20-7-3-5-11-4-1-2-6-13(11)16(20)21/h1-2,4,6,8-9H,3,5,7,10H2. The van der Waals surface area contributed by atoms with Crippen molar-refractivity contribution in [3.8, 4) is 0 Å². The molecule has 2 aromatic rings. The van der Waals surface area contributed by atoms with Crippen LogP contribution in [0.4, 0.5) is 0 Å². The van der Waals surface area contributed by atoms with Gasteiger partial charge in [0.05, 0.1) is 5.02 Å². The minimum absolute atomic E-state index is 0.0501. The molecule has 1 amide bonds. The quantitative estimate of drug-likeness (QED) is 0.784. The van der Waals surface area contributed by atoms with Crippen molar-refractivity contribution < 1.29 is 4.79 Å². The van der Waals surface area contributed by atoms with Gasteiger partial charge < -0.3 is 4.90 Å². The minimum Gasteiger partial charge on any atom is -0.334 e. The average molecular weight is 321 g/mol. The molecule has 5 heteroatoms. The van der Waals surface area contributed by atoms with Gasteiger partial charge in [-0.05, 0) is 30.5 Å². The molecule has 21 heavy (non-hydrogen) atoms. The van der Waals surface area contributed by atoms with E-state index in [0.29, 0.717) is 23.3 Å². The van der Waals surface area contributed by atoms with E-state index in [2.05, 4.69) is 4.98 Å². The average Bonchev–Trinajstić information content (AvgIpc) is 2.63. The van der Waals surface area contributed by atoms with Gasteiger partial charge in [0.15, 0.2) is 0 Å². The van der Waals surface area contributed by atoms with Crippen molar-refractivity contribution in [1.29, 1.82) is 0 Å². The summed E-state index contributed by atoms with van der Waals surface area (Å²) in [6.45, 7) is 1.17. The Balaban J connectivity index is 1.87. The number of rotatable bonds is 2. The molecule has 0 N–H and O–H groups in total. The Labute approximate surface area is 133 Å². The van der Waals surface area contributed by atoms with Crippen molar-refractivity contribution in [2.75, 3.05) is 6.54 Å². The molecule has 0 spiro atoms. The lowest BCUT2D eigenvalue weighted by Gasteiger charge is -2.21. The molecular weight excluding hydrogens is 307 g/mol. The van der Waals surface area contributed by atoms with Crippen molar-refractivity contribution in [2.45, 2.75) is 19.4 Å². The fourth-order valence-corrected chi connectivity index (χ4v) is 3.01. The molecule has 0 aliphatic carbocycles. The largest absolute Gasteiger partial charge is 0.334 e. The van der Waals surface area contributed by atoms with E-state index in [4.69, 9.17) is 23.2 Å². The second-order valence-electron chi connectivity index (χ2n) is 5.09. The monoisotopic (exact) mass is 320 g/mol. The first-order valence-electron chi connectivity index (χ1n) is 6.82. The number of amides is 1.